The van der Waals surface area contributed by atoms with Crippen molar-refractivity contribution >= 4 is 68.2 Å². The molecule has 7 nitrogen and oxygen atoms in total. The van der Waals surface area contributed by atoms with Gasteiger partial charge in [-0.15, -0.1) is 0 Å². The van der Waals surface area contributed by atoms with Gasteiger partial charge in [-0.1, -0.05) is 23.5 Å². The highest BCUT2D eigenvalue weighted by molar-refractivity contribution is 8.02. The first-order valence-electron chi connectivity index (χ1n) is 8.67. The molecule has 138 valence electrons. The lowest BCUT2D eigenvalue weighted by molar-refractivity contribution is 0.542. The number of rotatable bonds is 2. The number of hydrogen-bond donors (Lipinski definition) is 0. The second-order valence-electron chi connectivity index (χ2n) is 6.73. The molecule has 0 radical (unpaired) electrons. The summed E-state index contributed by atoms with van der Waals surface area (Å²) in [5, 5.41) is 5.32. The van der Waals surface area contributed by atoms with E-state index < -0.39 is 0 Å². The summed E-state index contributed by atoms with van der Waals surface area (Å²) in [6, 6.07) is 0. The van der Waals surface area contributed by atoms with Crippen molar-refractivity contribution < 1.29 is 0 Å². The van der Waals surface area contributed by atoms with Crippen molar-refractivity contribution in [1.82, 2.24) is 23.9 Å². The molecular weight excluding hydrogens is 410 g/mol. The van der Waals surface area contributed by atoms with Gasteiger partial charge in [0.15, 0.2) is 16.2 Å². The fourth-order valence-electron chi connectivity index (χ4n) is 3.76. The van der Waals surface area contributed by atoms with Gasteiger partial charge in [0.25, 0.3) is 5.82 Å². The van der Waals surface area contributed by atoms with Crippen LogP contribution in [-0.4, -0.2) is 45.7 Å². The average Bonchev–Trinajstić information content (AvgIpc) is 3.47. The van der Waals surface area contributed by atoms with Crippen LogP contribution in [0.15, 0.2) is 63.1 Å². The minimum atomic E-state index is 0.539. The van der Waals surface area contributed by atoms with Crippen molar-refractivity contribution in [2.75, 3.05) is 18.8 Å². The van der Waals surface area contributed by atoms with E-state index in [1.807, 2.05) is 25.7 Å². The minimum absolute atomic E-state index is 0.539. The van der Waals surface area contributed by atoms with Gasteiger partial charge in [-0.05, 0) is 11.3 Å². The number of fused-ring (bicyclic) bond motifs is 3. The second kappa shape index (κ2) is 5.94. The highest BCUT2D eigenvalue weighted by Crippen LogP contribution is 2.46. The number of thioether (sulfide) groups is 2. The molecule has 2 aromatic rings. The summed E-state index contributed by atoms with van der Waals surface area (Å²) in [6.07, 6.45) is 11.9. The lowest BCUT2D eigenvalue weighted by Crippen LogP contribution is -2.42. The van der Waals surface area contributed by atoms with Crippen LogP contribution in [0, 0.1) is 0 Å². The first-order valence-corrected chi connectivity index (χ1v) is 11.6. The molecule has 0 amide bonds. The Morgan fingerprint density at radius 2 is 1.96 bits per heavy atom. The first kappa shape index (κ1) is 16.8. The molecule has 0 spiro atoms. The van der Waals surface area contributed by atoms with Crippen molar-refractivity contribution in [3.8, 4) is 0 Å². The zero-order valence-corrected chi connectivity index (χ0v) is 17.3. The Bertz CT molecular complexity index is 1200. The van der Waals surface area contributed by atoms with Crippen LogP contribution in [0.5, 0.6) is 0 Å². The predicted molar refractivity (Wildman–Crippen MR) is 120 cm³/mol. The van der Waals surface area contributed by atoms with E-state index in [-0.39, 0.29) is 0 Å². The Labute approximate surface area is 173 Å². The highest BCUT2D eigenvalue weighted by atomic mass is 32.2. The Morgan fingerprint density at radius 3 is 2.89 bits per heavy atom. The normalized spacial score (nSPS) is 31.5. The Balaban J connectivity index is 1.47. The van der Waals surface area contributed by atoms with E-state index in [0.717, 1.165) is 38.9 Å². The van der Waals surface area contributed by atoms with E-state index in [0.29, 0.717) is 14.6 Å². The first-order chi connectivity index (χ1) is 13.7. The molecule has 0 aromatic carbocycles. The molecule has 0 saturated heterocycles. The maximum absolute atomic E-state index is 4.93. The van der Waals surface area contributed by atoms with Gasteiger partial charge >= 0.3 is 5.13 Å². The lowest BCUT2D eigenvalue weighted by atomic mass is 10.3. The van der Waals surface area contributed by atoms with Crippen molar-refractivity contribution in [2.45, 2.75) is 0 Å². The molecule has 0 fully saturated rings. The maximum atomic E-state index is 4.93. The average molecular weight is 426 g/mol. The predicted octanol–water partition coefficient (Wildman–Crippen LogP) is 3.95. The summed E-state index contributed by atoms with van der Waals surface area (Å²) in [4.78, 5) is 24.1. The van der Waals surface area contributed by atoms with Gasteiger partial charge in [-0.3, -0.25) is 9.98 Å². The SMILES string of the molecule is CN=C1C=C[N+]2(c3nc4nc([N+]56C=CN=CC5=CSC6)cnc4s3)CSC=C12. The zero-order valence-electron chi connectivity index (χ0n) is 14.9. The third-order valence-corrected chi connectivity index (χ3v) is 8.29. The number of thiazole rings is 1. The molecule has 2 aromatic heterocycles. The maximum Gasteiger partial charge on any atom is 0.300 e. The van der Waals surface area contributed by atoms with E-state index >= 15 is 0 Å². The van der Waals surface area contributed by atoms with Crippen LogP contribution < -0.4 is 8.97 Å². The number of nitrogens with zero attached hydrogens (tertiary/aromatic N) is 7. The van der Waals surface area contributed by atoms with E-state index in [4.69, 9.17) is 15.0 Å². The summed E-state index contributed by atoms with van der Waals surface area (Å²) in [5.41, 5.74) is 4.03. The van der Waals surface area contributed by atoms with Gasteiger partial charge in [0.2, 0.25) is 5.65 Å². The summed E-state index contributed by atoms with van der Waals surface area (Å²) < 4.78 is 1.14. The monoisotopic (exact) mass is 425 g/mol. The van der Waals surface area contributed by atoms with Gasteiger partial charge < -0.3 is 0 Å². The van der Waals surface area contributed by atoms with E-state index in [9.17, 15) is 0 Å². The third-order valence-electron chi connectivity index (χ3n) is 5.30. The number of aliphatic imine (C=N–C) groups is 2. The van der Waals surface area contributed by atoms with Gasteiger partial charge in [0, 0.05) is 23.9 Å². The Morgan fingerprint density at radius 1 is 1.07 bits per heavy atom. The molecule has 4 aliphatic rings. The van der Waals surface area contributed by atoms with Crippen LogP contribution in [0.3, 0.4) is 0 Å². The number of quaternary nitrogens is 2. The van der Waals surface area contributed by atoms with E-state index in [2.05, 4.69) is 39.3 Å². The molecule has 6 rings (SSSR count). The van der Waals surface area contributed by atoms with Crippen LogP contribution >= 0.6 is 34.9 Å². The van der Waals surface area contributed by atoms with Gasteiger partial charge in [0.05, 0.1) is 12.4 Å². The minimum Gasteiger partial charge on any atom is -0.282 e. The van der Waals surface area contributed by atoms with Gasteiger partial charge in [-0.2, -0.15) is 14.5 Å². The van der Waals surface area contributed by atoms with Crippen LogP contribution in [0.25, 0.3) is 10.5 Å². The Kier molecular flexibility index (Phi) is 3.57. The third kappa shape index (κ3) is 2.12. The lowest BCUT2D eigenvalue weighted by Gasteiger charge is -2.28. The highest BCUT2D eigenvalue weighted by Gasteiger charge is 2.47. The van der Waals surface area contributed by atoms with Crippen molar-refractivity contribution in [3.63, 3.8) is 0 Å². The quantitative estimate of drug-likeness (QED) is 0.682. The molecule has 6 heterocycles. The number of aromatic nitrogens is 3. The second-order valence-corrected chi connectivity index (χ2v) is 9.34. The smallest absolute Gasteiger partial charge is 0.282 e. The summed E-state index contributed by atoms with van der Waals surface area (Å²) in [6.45, 7) is 0. The largest absolute Gasteiger partial charge is 0.300 e. The summed E-state index contributed by atoms with van der Waals surface area (Å²) in [5.74, 6) is 2.63. The molecule has 0 bridgehead atoms. The van der Waals surface area contributed by atoms with Gasteiger partial charge in [0.1, 0.15) is 36.1 Å². The molecule has 0 saturated carbocycles. The van der Waals surface area contributed by atoms with E-state index in [1.54, 1.807) is 34.9 Å². The molecule has 28 heavy (non-hydrogen) atoms. The fraction of sp³-hybridized carbons (Fsp3) is 0.167. The number of hydrogen-bond acceptors (Lipinski definition) is 8. The summed E-state index contributed by atoms with van der Waals surface area (Å²) >= 11 is 5.17. The topological polar surface area (TPSA) is 63.4 Å². The molecule has 2 atom stereocenters. The van der Waals surface area contributed by atoms with Gasteiger partial charge in [-0.25, -0.2) is 9.47 Å². The molecular formula is C18H15N7S3+2. The zero-order chi connectivity index (χ0) is 18.8. The molecule has 0 N–H and O–H groups in total. The molecule has 0 aliphatic carbocycles. The van der Waals surface area contributed by atoms with Crippen LogP contribution in [-0.2, 0) is 0 Å². The molecule has 2 unspecified atom stereocenters. The van der Waals surface area contributed by atoms with E-state index in [1.165, 1.54) is 5.70 Å². The van der Waals surface area contributed by atoms with Crippen LogP contribution in [0.1, 0.15) is 0 Å². The molecule has 10 heteroatoms. The van der Waals surface area contributed by atoms with Crippen LogP contribution in [0.4, 0.5) is 10.9 Å². The van der Waals surface area contributed by atoms with Crippen molar-refractivity contribution in [1.29, 1.82) is 0 Å². The summed E-state index contributed by atoms with van der Waals surface area (Å²) in [7, 11) is 1.83. The number of allylic oxidation sites excluding steroid dienone is 2. The van der Waals surface area contributed by atoms with Crippen LogP contribution in [0.2, 0.25) is 0 Å². The fourth-order valence-corrected chi connectivity index (χ4v) is 7.05. The van der Waals surface area contributed by atoms with Crippen molar-refractivity contribution in [3.05, 3.63) is 53.1 Å². The Hall–Kier alpha value is -2.11. The van der Waals surface area contributed by atoms with Crippen molar-refractivity contribution in [2.24, 2.45) is 9.98 Å². The standard InChI is InChI=1S/C18H15N7S3/c1-19-13-2-4-25(11-27-9-14(13)25)18-23-16-17(28-18)21-7-15(22-16)24-5-3-20-6-12(24)8-26-10-24/h2-9H,10-11H2,1H3/q+2. The molecule has 4 aliphatic heterocycles.